The lowest BCUT2D eigenvalue weighted by molar-refractivity contribution is 0.00578. The highest BCUT2D eigenvalue weighted by molar-refractivity contribution is 6.62. The molecule has 0 aliphatic carbocycles. The minimum absolute atomic E-state index is 0.0284. The number of nitrogens with zero attached hydrogens (tertiary/aromatic N) is 2. The zero-order valence-corrected chi connectivity index (χ0v) is 20.9. The number of aryl methyl sites for hydroxylation is 1. The minimum atomic E-state index is -0.538. The quantitative estimate of drug-likeness (QED) is 0.655. The van der Waals surface area contributed by atoms with Crippen molar-refractivity contribution in [3.8, 4) is 0 Å². The van der Waals surface area contributed by atoms with Crippen molar-refractivity contribution >= 4 is 24.6 Å². The zero-order valence-electron chi connectivity index (χ0n) is 20.9. The molecule has 2 saturated heterocycles. The fraction of sp³-hybridized carbons (Fsp3) is 0.667. The molecule has 0 bridgehead atoms. The molecule has 32 heavy (non-hydrogen) atoms. The average Bonchev–Trinajstić information content (AvgIpc) is 2.87. The molecule has 2 fully saturated rings. The molecule has 0 radical (unpaired) electrons. The van der Waals surface area contributed by atoms with Crippen LogP contribution in [0.15, 0.2) is 18.2 Å². The Hall–Kier alpha value is -2.06. The molecule has 3 rings (SSSR count). The third kappa shape index (κ3) is 4.96. The highest BCUT2D eigenvalue weighted by Gasteiger charge is 2.51. The third-order valence-corrected chi connectivity index (χ3v) is 6.55. The maximum Gasteiger partial charge on any atom is 0.494 e. The van der Waals surface area contributed by atoms with Crippen molar-refractivity contribution in [2.75, 3.05) is 19.6 Å². The molecule has 2 aliphatic rings. The number of hydrogen-bond acceptors (Lipinski definition) is 5. The molecule has 0 N–H and O–H groups in total. The molecular formula is C24H37BN2O5. The first-order valence-electron chi connectivity index (χ1n) is 11.4. The highest BCUT2D eigenvalue weighted by Crippen LogP contribution is 2.36. The Bertz CT molecular complexity index is 877. The SMILES string of the molecule is Cc1cc(B2OC(C)(C)C(C)(C)O2)ccc1C(=O)N1CCN(C(=O)OC(C)(C)C)C[C@H]1C. The Morgan fingerprint density at radius 1 is 1.09 bits per heavy atom. The number of carbonyl (C=O) groups excluding carboxylic acids is 2. The summed E-state index contributed by atoms with van der Waals surface area (Å²) in [6.45, 7) is 18.9. The van der Waals surface area contributed by atoms with Gasteiger partial charge in [-0.05, 0) is 79.4 Å². The van der Waals surface area contributed by atoms with E-state index < -0.39 is 23.9 Å². The standard InChI is InChI=1S/C24H37BN2O5/c1-16-14-18(25-31-23(6,7)24(8,9)32-25)10-11-19(16)20(28)27-13-12-26(15-17(27)2)21(29)30-22(3,4)5/h10-11,14,17H,12-13,15H2,1-9H3/t17-/m1/s1. The van der Waals surface area contributed by atoms with Gasteiger partial charge >= 0.3 is 13.2 Å². The van der Waals surface area contributed by atoms with Crippen LogP contribution in [0.1, 0.15) is 71.3 Å². The predicted octanol–water partition coefficient (Wildman–Crippen LogP) is 3.38. The van der Waals surface area contributed by atoms with Crippen LogP contribution in [-0.2, 0) is 14.0 Å². The van der Waals surface area contributed by atoms with Crippen LogP contribution < -0.4 is 5.46 Å². The lowest BCUT2D eigenvalue weighted by Gasteiger charge is -2.40. The van der Waals surface area contributed by atoms with Gasteiger partial charge in [0.15, 0.2) is 0 Å². The second-order valence-corrected chi connectivity index (χ2v) is 10.9. The smallest absolute Gasteiger partial charge is 0.444 e. The normalized spacial score (nSPS) is 22.8. The van der Waals surface area contributed by atoms with Crippen LogP contribution in [0.25, 0.3) is 0 Å². The highest BCUT2D eigenvalue weighted by atomic mass is 16.7. The van der Waals surface area contributed by atoms with Crippen LogP contribution in [0, 0.1) is 6.92 Å². The maximum atomic E-state index is 13.3. The fourth-order valence-electron chi connectivity index (χ4n) is 3.96. The Balaban J connectivity index is 1.69. The maximum absolute atomic E-state index is 13.3. The summed E-state index contributed by atoms with van der Waals surface area (Å²) in [5, 5.41) is 0. The summed E-state index contributed by atoms with van der Waals surface area (Å²) in [4.78, 5) is 29.2. The lowest BCUT2D eigenvalue weighted by Crippen LogP contribution is -2.56. The molecule has 176 valence electrons. The van der Waals surface area contributed by atoms with Gasteiger partial charge in [0.1, 0.15) is 5.60 Å². The molecule has 0 aromatic heterocycles. The van der Waals surface area contributed by atoms with Gasteiger partial charge in [-0.3, -0.25) is 4.79 Å². The first-order valence-corrected chi connectivity index (χ1v) is 11.4. The molecule has 1 aromatic carbocycles. The molecule has 7 nitrogen and oxygen atoms in total. The molecule has 1 atom stereocenters. The number of rotatable bonds is 2. The van der Waals surface area contributed by atoms with E-state index in [-0.39, 0.29) is 18.0 Å². The fourth-order valence-corrected chi connectivity index (χ4v) is 3.96. The Morgan fingerprint density at radius 2 is 1.69 bits per heavy atom. The summed E-state index contributed by atoms with van der Waals surface area (Å²) in [7, 11) is -0.459. The summed E-state index contributed by atoms with van der Waals surface area (Å²) < 4.78 is 17.8. The van der Waals surface area contributed by atoms with Gasteiger partial charge in [0.05, 0.1) is 11.2 Å². The molecule has 1 aromatic rings. The van der Waals surface area contributed by atoms with Gasteiger partial charge in [-0.25, -0.2) is 4.79 Å². The molecule has 2 heterocycles. The van der Waals surface area contributed by atoms with E-state index in [1.54, 1.807) is 4.90 Å². The second-order valence-electron chi connectivity index (χ2n) is 10.9. The van der Waals surface area contributed by atoms with Crippen LogP contribution in [0.3, 0.4) is 0 Å². The number of amides is 2. The summed E-state index contributed by atoms with van der Waals surface area (Å²) in [6, 6.07) is 5.62. The first kappa shape index (κ1) is 24.6. The van der Waals surface area contributed by atoms with E-state index >= 15 is 0 Å². The van der Waals surface area contributed by atoms with Crippen LogP contribution in [0.5, 0.6) is 0 Å². The van der Waals surface area contributed by atoms with Crippen molar-refractivity contribution in [3.63, 3.8) is 0 Å². The molecular weight excluding hydrogens is 407 g/mol. The Morgan fingerprint density at radius 3 is 2.19 bits per heavy atom. The largest absolute Gasteiger partial charge is 0.494 e. The minimum Gasteiger partial charge on any atom is -0.444 e. The number of ether oxygens (including phenoxy) is 1. The van der Waals surface area contributed by atoms with Gasteiger partial charge in [-0.15, -0.1) is 0 Å². The van der Waals surface area contributed by atoms with Crippen LogP contribution in [0.2, 0.25) is 0 Å². The van der Waals surface area contributed by atoms with E-state index in [0.717, 1.165) is 11.0 Å². The molecule has 0 unspecified atom stereocenters. The number of piperazine rings is 1. The van der Waals surface area contributed by atoms with E-state index in [4.69, 9.17) is 14.0 Å². The van der Waals surface area contributed by atoms with Gasteiger partial charge in [-0.2, -0.15) is 0 Å². The molecule has 0 saturated carbocycles. The van der Waals surface area contributed by atoms with Crippen molar-refractivity contribution in [1.29, 1.82) is 0 Å². The monoisotopic (exact) mass is 444 g/mol. The van der Waals surface area contributed by atoms with Crippen LogP contribution in [0.4, 0.5) is 4.79 Å². The predicted molar refractivity (Wildman–Crippen MR) is 125 cm³/mol. The van der Waals surface area contributed by atoms with E-state index in [2.05, 4.69) is 0 Å². The Labute approximate surface area is 192 Å². The van der Waals surface area contributed by atoms with Crippen molar-refractivity contribution in [1.82, 2.24) is 9.80 Å². The molecule has 0 spiro atoms. The van der Waals surface area contributed by atoms with E-state index in [0.29, 0.717) is 25.2 Å². The van der Waals surface area contributed by atoms with Crippen molar-refractivity contribution in [2.45, 2.75) is 85.2 Å². The molecule has 2 aliphatic heterocycles. The van der Waals surface area contributed by atoms with Gasteiger partial charge in [0.2, 0.25) is 0 Å². The number of hydrogen-bond donors (Lipinski definition) is 0. The first-order chi connectivity index (χ1) is 14.6. The summed E-state index contributed by atoms with van der Waals surface area (Å²) >= 11 is 0. The van der Waals surface area contributed by atoms with E-state index in [1.807, 2.05) is 85.4 Å². The Kier molecular flexibility index (Phi) is 6.44. The van der Waals surface area contributed by atoms with Crippen LogP contribution in [-0.4, -0.2) is 71.4 Å². The number of carbonyl (C=O) groups is 2. The summed E-state index contributed by atoms with van der Waals surface area (Å²) in [5.74, 6) is -0.0284. The van der Waals surface area contributed by atoms with Gasteiger partial charge in [-0.1, -0.05) is 12.1 Å². The van der Waals surface area contributed by atoms with Crippen molar-refractivity contribution in [2.24, 2.45) is 0 Å². The third-order valence-electron chi connectivity index (χ3n) is 6.55. The lowest BCUT2D eigenvalue weighted by atomic mass is 9.77. The average molecular weight is 444 g/mol. The van der Waals surface area contributed by atoms with E-state index in [9.17, 15) is 9.59 Å². The summed E-state index contributed by atoms with van der Waals surface area (Å²) in [6.07, 6.45) is -0.334. The topological polar surface area (TPSA) is 68.3 Å². The zero-order chi connectivity index (χ0) is 24.1. The summed E-state index contributed by atoms with van der Waals surface area (Å²) in [5.41, 5.74) is 1.07. The van der Waals surface area contributed by atoms with Crippen molar-refractivity contribution < 1.29 is 23.6 Å². The van der Waals surface area contributed by atoms with Gasteiger partial charge in [0.25, 0.3) is 5.91 Å². The number of benzene rings is 1. The van der Waals surface area contributed by atoms with Crippen molar-refractivity contribution in [3.05, 3.63) is 29.3 Å². The van der Waals surface area contributed by atoms with Gasteiger partial charge < -0.3 is 23.8 Å². The van der Waals surface area contributed by atoms with Crippen LogP contribution >= 0.6 is 0 Å². The second kappa shape index (κ2) is 8.38. The molecule has 2 amide bonds. The van der Waals surface area contributed by atoms with E-state index in [1.165, 1.54) is 0 Å². The molecule has 8 heteroatoms. The van der Waals surface area contributed by atoms with Gasteiger partial charge in [0, 0.05) is 31.2 Å².